The van der Waals surface area contributed by atoms with E-state index in [0.29, 0.717) is 18.0 Å². The molecule has 0 radical (unpaired) electrons. The summed E-state index contributed by atoms with van der Waals surface area (Å²) in [4.78, 5) is 12.9. The first-order valence-electron chi connectivity index (χ1n) is 10.4. The van der Waals surface area contributed by atoms with E-state index in [0.717, 1.165) is 35.7 Å². The molecule has 1 N–H and O–H groups in total. The van der Waals surface area contributed by atoms with Gasteiger partial charge in [-0.25, -0.2) is 8.42 Å². The number of hydrogen-bond acceptors (Lipinski definition) is 3. The fraction of sp³-hybridized carbons (Fsp3) is 0.348. The van der Waals surface area contributed by atoms with Gasteiger partial charge in [-0.15, -0.1) is 0 Å². The molecule has 0 unspecified atom stereocenters. The molecule has 1 amide bonds. The molecular formula is C23H27N3O3S. The molecular weight excluding hydrogens is 398 g/mol. The lowest BCUT2D eigenvalue weighted by molar-refractivity contribution is -0.122. The molecule has 7 heteroatoms. The zero-order chi connectivity index (χ0) is 21.1. The summed E-state index contributed by atoms with van der Waals surface area (Å²) in [5.41, 5.74) is 1.89. The Balaban J connectivity index is 1.49. The van der Waals surface area contributed by atoms with Gasteiger partial charge in [0, 0.05) is 30.2 Å². The summed E-state index contributed by atoms with van der Waals surface area (Å²) in [7, 11) is -3.47. The van der Waals surface area contributed by atoms with Crippen LogP contribution in [-0.4, -0.2) is 36.3 Å². The number of fused-ring (bicyclic) bond motifs is 1. The molecule has 0 aliphatic carbocycles. The number of amides is 1. The van der Waals surface area contributed by atoms with Crippen LogP contribution in [0.5, 0.6) is 0 Å². The van der Waals surface area contributed by atoms with Crippen LogP contribution in [-0.2, 0) is 21.4 Å². The number of carbonyl (C=O) groups is 1. The van der Waals surface area contributed by atoms with Crippen molar-refractivity contribution in [2.24, 2.45) is 0 Å². The van der Waals surface area contributed by atoms with Gasteiger partial charge in [0.05, 0.1) is 10.9 Å². The highest BCUT2D eigenvalue weighted by molar-refractivity contribution is 7.89. The number of hydrogen-bond donors (Lipinski definition) is 1. The van der Waals surface area contributed by atoms with E-state index in [4.69, 9.17) is 0 Å². The largest absolute Gasteiger partial charge is 0.348 e. The zero-order valence-electron chi connectivity index (χ0n) is 17.1. The van der Waals surface area contributed by atoms with E-state index in [1.54, 1.807) is 22.5 Å². The van der Waals surface area contributed by atoms with Crippen LogP contribution >= 0.6 is 0 Å². The summed E-state index contributed by atoms with van der Waals surface area (Å²) in [5, 5.41) is 3.83. The lowest BCUT2D eigenvalue weighted by Gasteiger charge is -2.25. The van der Waals surface area contributed by atoms with Gasteiger partial charge < -0.3 is 9.88 Å². The number of nitrogens with one attached hydrogen (secondary N) is 1. The van der Waals surface area contributed by atoms with E-state index in [9.17, 15) is 13.2 Å². The van der Waals surface area contributed by atoms with Gasteiger partial charge in [0.2, 0.25) is 15.9 Å². The van der Waals surface area contributed by atoms with Crippen LogP contribution in [0.1, 0.15) is 37.8 Å². The first-order chi connectivity index (χ1) is 14.4. The number of piperidine rings is 1. The molecule has 0 spiro atoms. The standard InChI is InChI=1S/C23H27N3O3S/c1-18(19-8-4-2-5-9-19)24-23(27)17-25-15-12-20-16-21(10-11-22(20)25)30(28,29)26-13-6-3-7-14-26/h2,4-5,8-12,15-16,18H,3,6-7,13-14,17H2,1H3,(H,24,27)/t18-/m0/s1. The van der Waals surface area contributed by atoms with Crippen LogP contribution in [0.3, 0.4) is 0 Å². The number of sulfonamides is 1. The highest BCUT2D eigenvalue weighted by Gasteiger charge is 2.26. The van der Waals surface area contributed by atoms with Crippen molar-refractivity contribution < 1.29 is 13.2 Å². The minimum atomic E-state index is -3.47. The number of aromatic nitrogens is 1. The van der Waals surface area contributed by atoms with Crippen molar-refractivity contribution in [1.29, 1.82) is 0 Å². The number of rotatable bonds is 6. The molecule has 1 aromatic heterocycles. The van der Waals surface area contributed by atoms with Crippen molar-refractivity contribution in [2.45, 2.75) is 43.7 Å². The monoisotopic (exact) mass is 425 g/mol. The zero-order valence-corrected chi connectivity index (χ0v) is 17.9. The lowest BCUT2D eigenvalue weighted by atomic mass is 10.1. The highest BCUT2D eigenvalue weighted by Crippen LogP contribution is 2.25. The summed E-state index contributed by atoms with van der Waals surface area (Å²) in [6.07, 6.45) is 4.73. The molecule has 1 fully saturated rings. The maximum atomic E-state index is 12.9. The second kappa shape index (κ2) is 8.62. The normalized spacial score (nSPS) is 16.4. The van der Waals surface area contributed by atoms with Gasteiger partial charge in [-0.2, -0.15) is 4.31 Å². The molecule has 30 heavy (non-hydrogen) atoms. The maximum Gasteiger partial charge on any atom is 0.243 e. The molecule has 1 atom stereocenters. The first kappa shape index (κ1) is 20.6. The molecule has 158 valence electrons. The van der Waals surface area contributed by atoms with Gasteiger partial charge in [-0.05, 0) is 49.6 Å². The average molecular weight is 426 g/mol. The van der Waals surface area contributed by atoms with Crippen LogP contribution < -0.4 is 5.32 Å². The number of benzene rings is 2. The second-order valence-electron chi connectivity index (χ2n) is 7.83. The van der Waals surface area contributed by atoms with Crippen LogP contribution in [0.2, 0.25) is 0 Å². The van der Waals surface area contributed by atoms with E-state index in [1.807, 2.05) is 54.1 Å². The van der Waals surface area contributed by atoms with Gasteiger partial charge in [0.1, 0.15) is 6.54 Å². The first-order valence-corrected chi connectivity index (χ1v) is 11.8. The average Bonchev–Trinajstić information content (AvgIpc) is 3.17. The predicted molar refractivity (Wildman–Crippen MR) is 118 cm³/mol. The quantitative estimate of drug-likeness (QED) is 0.655. The number of nitrogens with zero attached hydrogens (tertiary/aromatic N) is 2. The van der Waals surface area contributed by atoms with Gasteiger partial charge in [-0.1, -0.05) is 36.8 Å². The number of carbonyl (C=O) groups excluding carboxylic acids is 1. The third-order valence-corrected chi connectivity index (χ3v) is 7.58. The molecule has 2 heterocycles. The van der Waals surface area contributed by atoms with Gasteiger partial charge in [-0.3, -0.25) is 4.79 Å². The van der Waals surface area contributed by atoms with Gasteiger partial charge >= 0.3 is 0 Å². The van der Waals surface area contributed by atoms with Crippen LogP contribution in [0.25, 0.3) is 10.9 Å². The third kappa shape index (κ3) is 4.27. The van der Waals surface area contributed by atoms with E-state index in [2.05, 4.69) is 5.32 Å². The molecule has 0 bridgehead atoms. The predicted octanol–water partition coefficient (Wildman–Crippen LogP) is 3.69. The van der Waals surface area contributed by atoms with Crippen molar-refractivity contribution in [3.8, 4) is 0 Å². The van der Waals surface area contributed by atoms with E-state index < -0.39 is 10.0 Å². The topological polar surface area (TPSA) is 71.4 Å². The Morgan fingerprint density at radius 2 is 1.77 bits per heavy atom. The lowest BCUT2D eigenvalue weighted by Crippen LogP contribution is -2.35. The Morgan fingerprint density at radius 1 is 1.03 bits per heavy atom. The summed E-state index contributed by atoms with van der Waals surface area (Å²) in [6.45, 7) is 3.31. The molecule has 1 aliphatic rings. The molecule has 6 nitrogen and oxygen atoms in total. The fourth-order valence-corrected chi connectivity index (χ4v) is 5.55. The van der Waals surface area contributed by atoms with E-state index >= 15 is 0 Å². The van der Waals surface area contributed by atoms with Crippen molar-refractivity contribution in [2.75, 3.05) is 13.1 Å². The Bertz CT molecular complexity index is 1130. The molecule has 1 saturated heterocycles. The Kier molecular flexibility index (Phi) is 5.92. The third-order valence-electron chi connectivity index (χ3n) is 5.69. The second-order valence-corrected chi connectivity index (χ2v) is 9.77. The van der Waals surface area contributed by atoms with Crippen molar-refractivity contribution in [3.63, 3.8) is 0 Å². The van der Waals surface area contributed by atoms with Crippen LogP contribution in [0.4, 0.5) is 0 Å². The Morgan fingerprint density at radius 3 is 2.50 bits per heavy atom. The van der Waals surface area contributed by atoms with Crippen molar-refractivity contribution >= 4 is 26.8 Å². The Labute approximate surface area is 177 Å². The molecule has 2 aromatic carbocycles. The van der Waals surface area contributed by atoms with Gasteiger partial charge in [0.25, 0.3) is 0 Å². The summed E-state index contributed by atoms with van der Waals surface area (Å²) in [5.74, 6) is -0.0890. The highest BCUT2D eigenvalue weighted by atomic mass is 32.2. The van der Waals surface area contributed by atoms with Gasteiger partial charge in [0.15, 0.2) is 0 Å². The molecule has 0 saturated carbocycles. The molecule has 1 aliphatic heterocycles. The van der Waals surface area contributed by atoms with E-state index in [1.165, 1.54) is 0 Å². The maximum absolute atomic E-state index is 12.9. The van der Waals surface area contributed by atoms with Crippen LogP contribution in [0, 0.1) is 0 Å². The molecule has 3 aromatic rings. The Hall–Kier alpha value is -2.64. The van der Waals surface area contributed by atoms with Crippen molar-refractivity contribution in [3.05, 3.63) is 66.4 Å². The van der Waals surface area contributed by atoms with Crippen molar-refractivity contribution in [1.82, 2.24) is 14.2 Å². The molecule has 4 rings (SSSR count). The fourth-order valence-electron chi connectivity index (χ4n) is 4.00. The summed E-state index contributed by atoms with van der Waals surface area (Å²) < 4.78 is 29.3. The summed E-state index contributed by atoms with van der Waals surface area (Å²) >= 11 is 0. The smallest absolute Gasteiger partial charge is 0.243 e. The minimum Gasteiger partial charge on any atom is -0.348 e. The van der Waals surface area contributed by atoms with Crippen LogP contribution in [0.15, 0.2) is 65.7 Å². The minimum absolute atomic E-state index is 0.0817. The SMILES string of the molecule is C[C@H](NC(=O)Cn1ccc2cc(S(=O)(=O)N3CCCCC3)ccc21)c1ccccc1. The summed E-state index contributed by atoms with van der Waals surface area (Å²) in [6, 6.07) is 16.7. The van der Waals surface area contributed by atoms with E-state index in [-0.39, 0.29) is 18.5 Å².